The summed E-state index contributed by atoms with van der Waals surface area (Å²) in [4.78, 5) is 67.1. The van der Waals surface area contributed by atoms with Gasteiger partial charge in [-0.15, -0.1) is 0 Å². The van der Waals surface area contributed by atoms with E-state index in [1.165, 1.54) is 11.3 Å². The van der Waals surface area contributed by atoms with E-state index in [1.807, 2.05) is 96.3 Å². The van der Waals surface area contributed by atoms with Gasteiger partial charge in [0.25, 0.3) is 5.91 Å². The molecule has 6 heterocycles. The summed E-state index contributed by atoms with van der Waals surface area (Å²) in [7, 11) is 1.91. The zero-order valence-corrected chi connectivity index (χ0v) is 42.0. The summed E-state index contributed by atoms with van der Waals surface area (Å²) >= 11 is 1.43. The van der Waals surface area contributed by atoms with Crippen LogP contribution in [0.15, 0.2) is 91.0 Å². The molecule has 3 amide bonds. The van der Waals surface area contributed by atoms with Gasteiger partial charge in [-0.25, -0.2) is 14.8 Å². The van der Waals surface area contributed by atoms with Crippen LogP contribution in [0.25, 0.3) is 32.2 Å². The largest absolute Gasteiger partial charge is 0.490 e. The van der Waals surface area contributed by atoms with E-state index in [1.54, 1.807) is 0 Å². The van der Waals surface area contributed by atoms with E-state index in [-0.39, 0.29) is 29.5 Å². The van der Waals surface area contributed by atoms with Crippen molar-refractivity contribution in [1.29, 1.82) is 0 Å². The predicted octanol–water partition coefficient (Wildman–Crippen LogP) is 8.36. The molecular formula is C56H59N9O7S. The second-order valence-electron chi connectivity index (χ2n) is 19.7. The van der Waals surface area contributed by atoms with Crippen LogP contribution in [0.2, 0.25) is 0 Å². The molecule has 4 aromatic carbocycles. The molecule has 3 aliphatic heterocycles. The molecule has 0 radical (unpaired) electrons. The van der Waals surface area contributed by atoms with Gasteiger partial charge >= 0.3 is 5.97 Å². The fourth-order valence-corrected chi connectivity index (χ4v) is 11.9. The van der Waals surface area contributed by atoms with E-state index >= 15 is 0 Å². The normalized spacial score (nSPS) is 19.5. The maximum atomic E-state index is 13.7. The minimum absolute atomic E-state index is 0.0308. The first-order chi connectivity index (χ1) is 35.5. The van der Waals surface area contributed by atoms with Gasteiger partial charge in [0.15, 0.2) is 10.8 Å². The summed E-state index contributed by atoms with van der Waals surface area (Å²) in [5.74, 6) is -0.483. The topological polar surface area (TPSA) is 184 Å². The van der Waals surface area contributed by atoms with Gasteiger partial charge in [0.1, 0.15) is 11.6 Å². The molecule has 376 valence electrons. The first-order valence-electron chi connectivity index (χ1n) is 25.4. The summed E-state index contributed by atoms with van der Waals surface area (Å²) in [5, 5.41) is 22.2. The molecule has 1 saturated carbocycles. The summed E-state index contributed by atoms with van der Waals surface area (Å²) in [6.07, 6.45) is 5.42. The maximum absolute atomic E-state index is 13.7. The van der Waals surface area contributed by atoms with E-state index in [0.717, 1.165) is 126 Å². The SMILES string of the molecule is Cc1c(OC2CCC(COCCN3CCN(c4ccc5c(C6CCC(=O)NC6=O)nn(C)c5c4)CC3)CC2)cccc1-c1ccc(N2CCc3cccc(C(=O)Nc4nc5ccccc5s4)c3C2)nc1C(=O)O. The lowest BCUT2D eigenvalue weighted by Crippen LogP contribution is -2.47. The molecule has 3 aromatic heterocycles. The van der Waals surface area contributed by atoms with Crippen molar-refractivity contribution in [3.05, 3.63) is 125 Å². The summed E-state index contributed by atoms with van der Waals surface area (Å²) < 4.78 is 15.7. The molecule has 7 aromatic rings. The third-order valence-corrected chi connectivity index (χ3v) is 16.1. The average molecular weight is 1000 g/mol. The first kappa shape index (κ1) is 48.1. The summed E-state index contributed by atoms with van der Waals surface area (Å²) in [6.45, 7) is 9.05. The highest BCUT2D eigenvalue weighted by Gasteiger charge is 2.33. The lowest BCUT2D eigenvalue weighted by Gasteiger charge is -2.36. The number of aromatic nitrogens is 4. The molecule has 0 bridgehead atoms. The number of benzene rings is 4. The van der Waals surface area contributed by atoms with Crippen LogP contribution in [-0.2, 0) is 34.3 Å². The number of para-hydroxylation sites is 1. The number of carbonyl (C=O) groups excluding carboxylic acids is 3. The third-order valence-electron chi connectivity index (χ3n) is 15.2. The van der Waals surface area contributed by atoms with Crippen molar-refractivity contribution < 1.29 is 33.8 Å². The van der Waals surface area contributed by atoms with Crippen LogP contribution in [0.4, 0.5) is 16.6 Å². The molecule has 11 rings (SSSR count). The Balaban J connectivity index is 0.649. The highest BCUT2D eigenvalue weighted by atomic mass is 32.1. The maximum Gasteiger partial charge on any atom is 0.355 e. The van der Waals surface area contributed by atoms with Gasteiger partial charge in [-0.05, 0) is 128 Å². The Labute approximate surface area is 427 Å². The lowest BCUT2D eigenvalue weighted by molar-refractivity contribution is -0.134. The number of fused-ring (bicyclic) bond motifs is 3. The summed E-state index contributed by atoms with van der Waals surface area (Å²) in [6, 6.07) is 29.4. The number of ether oxygens (including phenoxy) is 2. The molecule has 3 fully saturated rings. The van der Waals surface area contributed by atoms with Gasteiger partial charge in [0, 0.05) is 88.1 Å². The quantitative estimate of drug-likeness (QED) is 0.0699. The van der Waals surface area contributed by atoms with Crippen LogP contribution in [0.3, 0.4) is 0 Å². The van der Waals surface area contributed by atoms with Crippen LogP contribution >= 0.6 is 11.3 Å². The number of rotatable bonds is 14. The number of amides is 3. The number of aromatic carboxylic acids is 1. The number of aryl methyl sites for hydroxylation is 1. The Kier molecular flexibility index (Phi) is 13.6. The molecule has 1 unspecified atom stereocenters. The molecular weight excluding hydrogens is 943 g/mol. The Hall–Kier alpha value is -7.21. The molecule has 4 aliphatic rings. The van der Waals surface area contributed by atoms with Crippen molar-refractivity contribution in [2.24, 2.45) is 13.0 Å². The number of carboxylic acid groups (broad SMARTS) is 1. The second kappa shape index (κ2) is 20.7. The van der Waals surface area contributed by atoms with E-state index in [4.69, 9.17) is 19.6 Å². The Morgan fingerprint density at radius 1 is 0.849 bits per heavy atom. The number of anilines is 3. The van der Waals surface area contributed by atoms with Gasteiger partial charge in [0.2, 0.25) is 11.8 Å². The predicted molar refractivity (Wildman–Crippen MR) is 282 cm³/mol. The smallest absolute Gasteiger partial charge is 0.355 e. The number of carboxylic acids is 1. The van der Waals surface area contributed by atoms with Crippen LogP contribution in [-0.4, -0.2) is 112 Å². The van der Waals surface area contributed by atoms with Crippen LogP contribution < -0.4 is 25.2 Å². The number of thiazole rings is 1. The number of nitrogens with one attached hydrogen (secondary N) is 2. The minimum Gasteiger partial charge on any atom is -0.490 e. The first-order valence-corrected chi connectivity index (χ1v) is 26.2. The fourth-order valence-electron chi connectivity index (χ4n) is 11.1. The highest BCUT2D eigenvalue weighted by Crippen LogP contribution is 2.38. The molecule has 1 atom stereocenters. The number of hydrogen-bond donors (Lipinski definition) is 3. The monoisotopic (exact) mass is 1000 g/mol. The van der Waals surface area contributed by atoms with Gasteiger partial charge in [-0.2, -0.15) is 5.10 Å². The van der Waals surface area contributed by atoms with Crippen molar-refractivity contribution in [3.63, 3.8) is 0 Å². The number of imide groups is 1. The molecule has 3 N–H and O–H groups in total. The molecule has 16 nitrogen and oxygen atoms in total. The number of nitrogens with zero attached hydrogens (tertiary/aromatic N) is 7. The van der Waals surface area contributed by atoms with Crippen molar-refractivity contribution in [3.8, 4) is 16.9 Å². The Morgan fingerprint density at radius 3 is 2.48 bits per heavy atom. The van der Waals surface area contributed by atoms with Crippen molar-refractivity contribution in [2.45, 2.75) is 70.4 Å². The molecule has 2 saturated heterocycles. The molecule has 73 heavy (non-hydrogen) atoms. The van der Waals surface area contributed by atoms with E-state index in [9.17, 15) is 24.3 Å². The van der Waals surface area contributed by atoms with Gasteiger partial charge in [-0.3, -0.25) is 34.6 Å². The van der Waals surface area contributed by atoms with E-state index in [0.29, 0.717) is 67.0 Å². The second-order valence-corrected chi connectivity index (χ2v) is 20.8. The van der Waals surface area contributed by atoms with E-state index < -0.39 is 11.9 Å². The summed E-state index contributed by atoms with van der Waals surface area (Å²) in [5.41, 5.74) is 8.37. The molecule has 0 spiro atoms. The highest BCUT2D eigenvalue weighted by molar-refractivity contribution is 7.22. The van der Waals surface area contributed by atoms with Gasteiger partial charge < -0.3 is 24.4 Å². The lowest BCUT2D eigenvalue weighted by atomic mass is 9.88. The number of hydrogen-bond acceptors (Lipinski definition) is 13. The number of pyridine rings is 1. The Morgan fingerprint density at radius 2 is 1.67 bits per heavy atom. The average Bonchev–Trinajstić information content (AvgIpc) is 3.97. The van der Waals surface area contributed by atoms with Crippen molar-refractivity contribution in [1.82, 2.24) is 30.0 Å². The van der Waals surface area contributed by atoms with Crippen LogP contribution in [0.1, 0.15) is 87.7 Å². The molecule has 17 heteroatoms. The molecule has 1 aliphatic carbocycles. The van der Waals surface area contributed by atoms with Crippen molar-refractivity contribution >= 4 is 72.8 Å². The van der Waals surface area contributed by atoms with Crippen molar-refractivity contribution in [2.75, 3.05) is 67.6 Å². The number of carbonyl (C=O) groups is 4. The van der Waals surface area contributed by atoms with Gasteiger partial charge in [-0.1, -0.05) is 47.7 Å². The van der Waals surface area contributed by atoms with Crippen LogP contribution in [0.5, 0.6) is 5.75 Å². The minimum atomic E-state index is -1.11. The fraction of sp³-hybridized carbons (Fsp3) is 0.375. The third kappa shape index (κ3) is 10.1. The van der Waals surface area contributed by atoms with E-state index in [2.05, 4.69) is 43.6 Å². The van der Waals surface area contributed by atoms with Gasteiger partial charge in [0.05, 0.1) is 40.1 Å². The zero-order chi connectivity index (χ0) is 50.2. The van der Waals surface area contributed by atoms with Crippen LogP contribution in [0, 0.1) is 12.8 Å². The standard InChI is InChI=1S/C56H59N9O7S/c1-34-39(40-19-21-49(58-52(40)55(69)70)65-24-23-36-7-5-9-41(44(36)32-65)53(67)60-56-57-45-10-3-4-12-48(45)73-56)8-6-11-47(34)72-38-16-13-35(14-17-38)33-71-30-29-63-25-27-64(28-26-63)37-15-18-42-46(31-37)62(2)61-51(42)43-20-22-50(66)59-54(43)68/h3-12,15,18-19,21,31,35,38,43H,13-14,16-17,20,22-30,32-33H2,1-2H3,(H,69,70)(H,57,60,67)(H,59,66,68). The number of piperazine rings is 1. The zero-order valence-electron chi connectivity index (χ0n) is 41.1. The number of piperidine rings is 1. The Bertz CT molecular complexity index is 3210.